The van der Waals surface area contributed by atoms with E-state index in [1.807, 2.05) is 0 Å². The Kier molecular flexibility index (Phi) is 2.86. The summed E-state index contributed by atoms with van der Waals surface area (Å²) in [6.45, 7) is 1.17. The number of hydrogen-bond acceptors (Lipinski definition) is 4. The largest absolute Gasteiger partial charge is 0.457 e. The Labute approximate surface area is 95.7 Å². The van der Waals surface area contributed by atoms with Crippen molar-refractivity contribution in [1.82, 2.24) is 5.32 Å². The van der Waals surface area contributed by atoms with E-state index in [1.165, 1.54) is 12.8 Å². The first kappa shape index (κ1) is 10.5. The number of carbonyl (C=O) groups is 1. The highest BCUT2D eigenvalue weighted by atomic mass is 16.6. The molecule has 4 heteroatoms. The third-order valence-electron chi connectivity index (χ3n) is 3.93. The highest BCUT2D eigenvalue weighted by Crippen LogP contribution is 2.32. The summed E-state index contributed by atoms with van der Waals surface area (Å²) in [5, 5.41) is 3.58. The van der Waals surface area contributed by atoms with Crippen molar-refractivity contribution in [3.05, 3.63) is 0 Å². The fraction of sp³-hybridized carbons (Fsp3) is 0.917. The van der Waals surface area contributed by atoms with Gasteiger partial charge in [-0.25, -0.2) is 0 Å². The van der Waals surface area contributed by atoms with E-state index in [2.05, 4.69) is 5.32 Å². The second-order valence-electron chi connectivity index (χ2n) is 5.33. The van der Waals surface area contributed by atoms with Gasteiger partial charge >= 0.3 is 5.97 Å². The average molecular weight is 225 g/mol. The molecule has 3 aliphatic heterocycles. The normalized spacial score (nSPS) is 38.1. The van der Waals surface area contributed by atoms with Gasteiger partial charge in [-0.3, -0.25) is 4.79 Å². The first-order chi connectivity index (χ1) is 7.79. The fourth-order valence-corrected chi connectivity index (χ4v) is 3.09. The Morgan fingerprint density at radius 3 is 2.50 bits per heavy atom. The number of piperidine rings is 1. The zero-order valence-electron chi connectivity index (χ0n) is 9.48. The summed E-state index contributed by atoms with van der Waals surface area (Å²) in [5.41, 5.74) is 0. The van der Waals surface area contributed by atoms with Crippen LogP contribution >= 0.6 is 0 Å². The van der Waals surface area contributed by atoms with E-state index in [1.54, 1.807) is 0 Å². The van der Waals surface area contributed by atoms with Crippen molar-refractivity contribution in [1.29, 1.82) is 0 Å². The Morgan fingerprint density at radius 2 is 1.94 bits per heavy atom. The number of nitrogens with one attached hydrogen (secondary N) is 1. The Bertz CT molecular complexity index is 265. The molecule has 4 nitrogen and oxygen atoms in total. The third-order valence-corrected chi connectivity index (χ3v) is 3.93. The van der Waals surface area contributed by atoms with Crippen LogP contribution in [0.15, 0.2) is 0 Å². The van der Waals surface area contributed by atoms with Crippen LogP contribution in [0, 0.1) is 5.92 Å². The van der Waals surface area contributed by atoms with E-state index < -0.39 is 0 Å². The van der Waals surface area contributed by atoms with E-state index in [0.717, 1.165) is 12.8 Å². The van der Waals surface area contributed by atoms with Gasteiger partial charge in [0.25, 0.3) is 0 Å². The molecule has 1 N–H and O–H groups in total. The number of carbonyl (C=O) groups excluding carboxylic acids is 1. The summed E-state index contributed by atoms with van der Waals surface area (Å²) in [5.74, 6) is 0.506. The van der Waals surface area contributed by atoms with Crippen LogP contribution < -0.4 is 5.32 Å². The molecule has 2 unspecified atom stereocenters. The zero-order chi connectivity index (χ0) is 11.0. The van der Waals surface area contributed by atoms with Crippen LogP contribution in [-0.4, -0.2) is 37.4 Å². The van der Waals surface area contributed by atoms with E-state index in [-0.39, 0.29) is 12.1 Å². The molecule has 0 amide bonds. The number of hydrogen-bond donors (Lipinski definition) is 1. The minimum absolute atomic E-state index is 0.0281. The van der Waals surface area contributed by atoms with Crippen molar-refractivity contribution in [2.75, 3.05) is 13.2 Å². The molecule has 3 aliphatic rings. The van der Waals surface area contributed by atoms with Crippen LogP contribution in [0.25, 0.3) is 0 Å². The van der Waals surface area contributed by atoms with Crippen molar-refractivity contribution in [2.24, 2.45) is 5.92 Å². The maximum Gasteiger partial charge on any atom is 0.306 e. The Balaban J connectivity index is 1.45. The monoisotopic (exact) mass is 225 g/mol. The molecule has 0 saturated carbocycles. The lowest BCUT2D eigenvalue weighted by Crippen LogP contribution is -2.40. The minimum atomic E-state index is -0.0281. The summed E-state index contributed by atoms with van der Waals surface area (Å²) in [4.78, 5) is 11.7. The van der Waals surface area contributed by atoms with Gasteiger partial charge < -0.3 is 14.8 Å². The minimum Gasteiger partial charge on any atom is -0.457 e. The summed E-state index contributed by atoms with van der Waals surface area (Å²) in [7, 11) is 0. The predicted octanol–water partition coefficient (Wildman–Crippen LogP) is 0.849. The van der Waals surface area contributed by atoms with E-state index in [9.17, 15) is 4.79 Å². The van der Waals surface area contributed by atoms with Gasteiger partial charge in [-0.2, -0.15) is 0 Å². The molecule has 3 saturated heterocycles. The van der Waals surface area contributed by atoms with Gasteiger partial charge in [-0.05, 0) is 31.6 Å². The molecule has 16 heavy (non-hydrogen) atoms. The third kappa shape index (κ3) is 2.23. The number of fused-ring (bicyclic) bond motifs is 2. The van der Waals surface area contributed by atoms with Crippen molar-refractivity contribution in [3.63, 3.8) is 0 Å². The van der Waals surface area contributed by atoms with Crippen LogP contribution in [0.4, 0.5) is 0 Å². The summed E-state index contributed by atoms with van der Waals surface area (Å²) < 4.78 is 10.3. The topological polar surface area (TPSA) is 47.6 Å². The van der Waals surface area contributed by atoms with Crippen LogP contribution in [0.2, 0.25) is 0 Å². The van der Waals surface area contributed by atoms with Crippen LogP contribution in [0.3, 0.4) is 0 Å². The van der Waals surface area contributed by atoms with Crippen molar-refractivity contribution < 1.29 is 14.3 Å². The molecule has 0 aromatic carbocycles. The molecule has 0 aromatic heterocycles. The summed E-state index contributed by atoms with van der Waals surface area (Å²) in [6.07, 6.45) is 5.50. The maximum absolute atomic E-state index is 11.7. The molecule has 3 rings (SSSR count). The molecule has 90 valence electrons. The lowest BCUT2D eigenvalue weighted by atomic mass is 9.90. The number of esters is 1. The summed E-state index contributed by atoms with van der Waals surface area (Å²) in [6, 6.07) is 1.31. The highest BCUT2D eigenvalue weighted by molar-refractivity contribution is 5.70. The fourth-order valence-electron chi connectivity index (χ4n) is 3.09. The number of ether oxygens (including phenoxy) is 2. The van der Waals surface area contributed by atoms with E-state index >= 15 is 0 Å². The first-order valence-electron chi connectivity index (χ1n) is 6.33. The van der Waals surface area contributed by atoms with Gasteiger partial charge in [0.15, 0.2) is 0 Å². The van der Waals surface area contributed by atoms with Crippen LogP contribution in [-0.2, 0) is 14.3 Å². The molecule has 2 atom stereocenters. The van der Waals surface area contributed by atoms with Gasteiger partial charge in [0.1, 0.15) is 6.10 Å². The smallest absolute Gasteiger partial charge is 0.306 e. The molecule has 3 fully saturated rings. The summed E-state index contributed by atoms with van der Waals surface area (Å²) >= 11 is 0. The molecule has 0 spiro atoms. The molecular weight excluding hydrogens is 206 g/mol. The van der Waals surface area contributed by atoms with E-state index in [0.29, 0.717) is 37.6 Å². The quantitative estimate of drug-likeness (QED) is 0.723. The van der Waals surface area contributed by atoms with Gasteiger partial charge in [-0.15, -0.1) is 0 Å². The van der Waals surface area contributed by atoms with Gasteiger partial charge in [-0.1, -0.05) is 0 Å². The van der Waals surface area contributed by atoms with Gasteiger partial charge in [0, 0.05) is 18.5 Å². The maximum atomic E-state index is 11.7. The molecular formula is C12H19NO3. The number of rotatable bonds is 3. The van der Waals surface area contributed by atoms with Crippen molar-refractivity contribution in [3.8, 4) is 0 Å². The van der Waals surface area contributed by atoms with Gasteiger partial charge in [0.2, 0.25) is 0 Å². The van der Waals surface area contributed by atoms with Crippen LogP contribution in [0.1, 0.15) is 32.1 Å². The molecule has 0 radical (unpaired) electrons. The van der Waals surface area contributed by atoms with Crippen molar-refractivity contribution in [2.45, 2.75) is 50.3 Å². The molecule has 2 bridgehead atoms. The standard InChI is InChI=1S/C12H19NO3/c14-12(16-11-6-15-7-11)5-8-3-9-1-2-10(4-8)13-9/h8-11,13H,1-7H2. The van der Waals surface area contributed by atoms with Crippen LogP contribution in [0.5, 0.6) is 0 Å². The predicted molar refractivity (Wildman–Crippen MR) is 58.0 cm³/mol. The zero-order valence-corrected chi connectivity index (χ0v) is 9.48. The molecule has 0 aliphatic carbocycles. The lowest BCUT2D eigenvalue weighted by Gasteiger charge is -2.30. The molecule has 0 aromatic rings. The second kappa shape index (κ2) is 4.34. The second-order valence-corrected chi connectivity index (χ2v) is 5.33. The lowest BCUT2D eigenvalue weighted by molar-refractivity contribution is -0.173. The van der Waals surface area contributed by atoms with Gasteiger partial charge in [0.05, 0.1) is 13.2 Å². The Hall–Kier alpha value is -0.610. The SMILES string of the molecule is O=C(CC1CC2CCC(C1)N2)OC1COC1. The molecule has 3 heterocycles. The van der Waals surface area contributed by atoms with E-state index in [4.69, 9.17) is 9.47 Å². The highest BCUT2D eigenvalue weighted by Gasteiger charge is 2.35. The van der Waals surface area contributed by atoms with Crippen molar-refractivity contribution >= 4 is 5.97 Å². The average Bonchev–Trinajstić information content (AvgIpc) is 2.52. The first-order valence-corrected chi connectivity index (χ1v) is 6.33. The Morgan fingerprint density at radius 1 is 1.25 bits per heavy atom.